The monoisotopic (exact) mass is 296 g/mol. The Balaban J connectivity index is 1.89. The van der Waals surface area contributed by atoms with Crippen molar-refractivity contribution in [3.05, 3.63) is 59.7 Å². The average molecular weight is 296 g/mol. The predicted molar refractivity (Wildman–Crippen MR) is 93.4 cm³/mol. The van der Waals surface area contributed by atoms with Gasteiger partial charge in [0.25, 0.3) is 0 Å². The number of carbonyl (C=O) groups is 1. The van der Waals surface area contributed by atoms with Gasteiger partial charge < -0.3 is 10.6 Å². The summed E-state index contributed by atoms with van der Waals surface area (Å²) in [5.74, 6) is -0.0509. The molecule has 0 aromatic heterocycles. The molecule has 116 valence electrons. The molecular weight excluding hydrogens is 272 g/mol. The summed E-state index contributed by atoms with van der Waals surface area (Å²) < 4.78 is 0. The highest BCUT2D eigenvalue weighted by Crippen LogP contribution is 2.23. The van der Waals surface area contributed by atoms with Gasteiger partial charge >= 0.3 is 0 Å². The van der Waals surface area contributed by atoms with Crippen molar-refractivity contribution in [2.24, 2.45) is 0 Å². The predicted octanol–water partition coefficient (Wildman–Crippen LogP) is 4.34. The molecule has 2 aromatic carbocycles. The Morgan fingerprint density at radius 3 is 2.27 bits per heavy atom. The van der Waals surface area contributed by atoms with Crippen LogP contribution in [0.25, 0.3) is 0 Å². The van der Waals surface area contributed by atoms with Gasteiger partial charge in [-0.1, -0.05) is 45.0 Å². The van der Waals surface area contributed by atoms with Crippen LogP contribution in [0.4, 0.5) is 11.4 Å². The van der Waals surface area contributed by atoms with Gasteiger partial charge in [-0.25, -0.2) is 0 Å². The highest BCUT2D eigenvalue weighted by Gasteiger charge is 2.13. The van der Waals surface area contributed by atoms with E-state index in [1.54, 1.807) is 0 Å². The van der Waals surface area contributed by atoms with E-state index in [4.69, 9.17) is 0 Å². The van der Waals surface area contributed by atoms with Crippen molar-refractivity contribution in [3.8, 4) is 0 Å². The summed E-state index contributed by atoms with van der Waals surface area (Å²) in [6.45, 7) is 8.80. The van der Waals surface area contributed by atoms with Crippen LogP contribution in [0.15, 0.2) is 48.5 Å². The third-order valence-electron chi connectivity index (χ3n) is 3.51. The number of hydrogen-bond donors (Lipinski definition) is 2. The third-order valence-corrected chi connectivity index (χ3v) is 3.51. The Hall–Kier alpha value is -2.29. The molecule has 0 unspecified atom stereocenters. The lowest BCUT2D eigenvalue weighted by Crippen LogP contribution is -2.21. The Kier molecular flexibility index (Phi) is 4.86. The van der Waals surface area contributed by atoms with Crippen molar-refractivity contribution in [1.29, 1.82) is 0 Å². The molecule has 0 aliphatic carbocycles. The van der Waals surface area contributed by atoms with Crippen LogP contribution in [0.2, 0.25) is 0 Å². The number of anilines is 2. The lowest BCUT2D eigenvalue weighted by atomic mass is 9.87. The molecule has 2 aromatic rings. The van der Waals surface area contributed by atoms with Gasteiger partial charge in [-0.05, 0) is 47.7 Å². The molecule has 0 saturated heterocycles. The number of hydrogen-bond acceptors (Lipinski definition) is 2. The van der Waals surface area contributed by atoms with E-state index in [2.05, 4.69) is 43.5 Å². The number of nitrogens with one attached hydrogen (secondary N) is 2. The Morgan fingerprint density at radius 1 is 1.00 bits per heavy atom. The first-order valence-corrected chi connectivity index (χ1v) is 7.55. The topological polar surface area (TPSA) is 41.1 Å². The Morgan fingerprint density at radius 2 is 1.68 bits per heavy atom. The summed E-state index contributed by atoms with van der Waals surface area (Å²) in [6, 6.07) is 16.0. The van der Waals surface area contributed by atoms with Crippen LogP contribution < -0.4 is 10.6 Å². The van der Waals surface area contributed by atoms with Gasteiger partial charge in [0.2, 0.25) is 5.91 Å². The third kappa shape index (κ3) is 4.62. The fourth-order valence-corrected chi connectivity index (χ4v) is 2.20. The molecule has 0 saturated carbocycles. The number of benzene rings is 2. The largest absolute Gasteiger partial charge is 0.376 e. The molecule has 0 aliphatic rings. The average Bonchev–Trinajstić information content (AvgIpc) is 2.45. The summed E-state index contributed by atoms with van der Waals surface area (Å²) in [6.07, 6.45) is 0. The second-order valence-corrected chi connectivity index (χ2v) is 6.60. The molecule has 3 nitrogen and oxygen atoms in total. The van der Waals surface area contributed by atoms with Crippen molar-refractivity contribution in [2.75, 3.05) is 17.2 Å². The molecule has 0 spiro atoms. The van der Waals surface area contributed by atoms with Crippen molar-refractivity contribution in [1.82, 2.24) is 0 Å². The molecule has 2 rings (SSSR count). The molecule has 0 atom stereocenters. The van der Waals surface area contributed by atoms with E-state index in [0.717, 1.165) is 11.4 Å². The molecule has 0 bridgehead atoms. The minimum Gasteiger partial charge on any atom is -0.376 e. The first-order valence-electron chi connectivity index (χ1n) is 7.55. The quantitative estimate of drug-likeness (QED) is 0.881. The number of aryl methyl sites for hydroxylation is 1. The van der Waals surface area contributed by atoms with E-state index in [9.17, 15) is 4.79 Å². The smallest absolute Gasteiger partial charge is 0.243 e. The van der Waals surface area contributed by atoms with Crippen LogP contribution in [0.5, 0.6) is 0 Å². The van der Waals surface area contributed by atoms with E-state index in [0.29, 0.717) is 0 Å². The fraction of sp³-hybridized carbons (Fsp3) is 0.316. The number of carbonyl (C=O) groups excluding carboxylic acids is 1. The summed E-state index contributed by atoms with van der Waals surface area (Å²) in [5, 5.41) is 6.03. The molecule has 0 fully saturated rings. The van der Waals surface area contributed by atoms with Crippen molar-refractivity contribution < 1.29 is 4.79 Å². The van der Waals surface area contributed by atoms with Gasteiger partial charge in [-0.15, -0.1) is 0 Å². The first kappa shape index (κ1) is 16.1. The fourth-order valence-electron chi connectivity index (χ4n) is 2.20. The van der Waals surface area contributed by atoms with Gasteiger partial charge in [0.15, 0.2) is 0 Å². The van der Waals surface area contributed by atoms with Gasteiger partial charge in [0, 0.05) is 11.4 Å². The lowest BCUT2D eigenvalue weighted by molar-refractivity contribution is -0.114. The maximum absolute atomic E-state index is 12.0. The van der Waals surface area contributed by atoms with Crippen molar-refractivity contribution in [3.63, 3.8) is 0 Å². The minimum absolute atomic E-state index is 0.0509. The van der Waals surface area contributed by atoms with E-state index >= 15 is 0 Å². The van der Waals surface area contributed by atoms with E-state index in [1.165, 1.54) is 11.1 Å². The molecule has 0 radical (unpaired) electrons. The van der Waals surface area contributed by atoms with Crippen LogP contribution in [-0.2, 0) is 10.2 Å². The molecule has 0 aliphatic heterocycles. The summed E-state index contributed by atoms with van der Waals surface area (Å²) in [4.78, 5) is 12.0. The molecule has 1 amide bonds. The molecule has 22 heavy (non-hydrogen) atoms. The standard InChI is InChI=1S/C19H24N2O/c1-14-6-5-7-17(12-14)20-13-18(22)21-16-10-8-15(9-11-16)19(2,3)4/h5-12,20H,13H2,1-4H3,(H,21,22). The second-order valence-electron chi connectivity index (χ2n) is 6.60. The summed E-state index contributed by atoms with van der Waals surface area (Å²) >= 11 is 0. The maximum Gasteiger partial charge on any atom is 0.243 e. The summed E-state index contributed by atoms with van der Waals surface area (Å²) in [5.41, 5.74) is 4.32. The van der Waals surface area contributed by atoms with Gasteiger partial charge in [-0.2, -0.15) is 0 Å². The van der Waals surface area contributed by atoms with Crippen molar-refractivity contribution in [2.45, 2.75) is 33.1 Å². The van der Waals surface area contributed by atoms with Gasteiger partial charge in [-0.3, -0.25) is 4.79 Å². The highest BCUT2D eigenvalue weighted by atomic mass is 16.1. The normalized spacial score (nSPS) is 11.1. The first-order chi connectivity index (χ1) is 10.3. The number of rotatable bonds is 4. The highest BCUT2D eigenvalue weighted by molar-refractivity contribution is 5.93. The summed E-state index contributed by atoms with van der Waals surface area (Å²) in [7, 11) is 0. The van der Waals surface area contributed by atoms with Crippen LogP contribution in [0, 0.1) is 6.92 Å². The van der Waals surface area contributed by atoms with Crippen LogP contribution >= 0.6 is 0 Å². The Labute approximate surface area is 132 Å². The van der Waals surface area contributed by atoms with Gasteiger partial charge in [0.1, 0.15) is 0 Å². The lowest BCUT2D eigenvalue weighted by Gasteiger charge is -2.19. The number of amides is 1. The maximum atomic E-state index is 12.0. The van der Waals surface area contributed by atoms with Crippen molar-refractivity contribution >= 4 is 17.3 Å². The SMILES string of the molecule is Cc1cccc(NCC(=O)Nc2ccc(C(C)(C)C)cc2)c1. The second kappa shape index (κ2) is 6.65. The van der Waals surface area contributed by atoms with Crippen LogP contribution in [-0.4, -0.2) is 12.5 Å². The van der Waals surface area contributed by atoms with E-state index in [1.807, 2.05) is 43.3 Å². The van der Waals surface area contributed by atoms with Crippen LogP contribution in [0.3, 0.4) is 0 Å². The Bertz CT molecular complexity index is 639. The van der Waals surface area contributed by atoms with E-state index < -0.39 is 0 Å². The van der Waals surface area contributed by atoms with E-state index in [-0.39, 0.29) is 17.9 Å². The molecular formula is C19H24N2O. The zero-order valence-corrected chi connectivity index (χ0v) is 13.7. The molecule has 3 heteroatoms. The zero-order chi connectivity index (χ0) is 16.2. The molecule has 2 N–H and O–H groups in total. The van der Waals surface area contributed by atoms with Gasteiger partial charge in [0.05, 0.1) is 6.54 Å². The zero-order valence-electron chi connectivity index (χ0n) is 13.7. The minimum atomic E-state index is -0.0509. The molecule has 0 heterocycles. The van der Waals surface area contributed by atoms with Crippen LogP contribution in [0.1, 0.15) is 31.9 Å².